The zero-order valence-corrected chi connectivity index (χ0v) is 11.4. The molecule has 2 aliphatic rings. The van der Waals surface area contributed by atoms with Gasteiger partial charge < -0.3 is 0 Å². The third-order valence-electron chi connectivity index (χ3n) is 2.92. The van der Waals surface area contributed by atoms with Crippen LogP contribution in [0.4, 0.5) is 0 Å². The van der Waals surface area contributed by atoms with E-state index >= 15 is 0 Å². The summed E-state index contributed by atoms with van der Waals surface area (Å²) in [4.78, 5) is 0. The Labute approximate surface area is 93.9 Å². The van der Waals surface area contributed by atoms with E-state index in [1.165, 1.54) is 24.0 Å². The summed E-state index contributed by atoms with van der Waals surface area (Å²) in [7, 11) is 0. The molecule has 0 fully saturated rings. The number of rotatable bonds is 2. The Morgan fingerprint density at radius 3 is 2.64 bits per heavy atom. The van der Waals surface area contributed by atoms with E-state index in [1.54, 1.807) is 6.56 Å². The second-order valence-corrected chi connectivity index (χ2v) is 9.55. The van der Waals surface area contributed by atoms with Gasteiger partial charge in [0.2, 0.25) is 0 Å². The summed E-state index contributed by atoms with van der Waals surface area (Å²) in [6.45, 7) is 4.48. The summed E-state index contributed by atoms with van der Waals surface area (Å²) in [5.74, 6) is 0. The zero-order valence-electron chi connectivity index (χ0n) is 8.93. The third kappa shape index (κ3) is 1.88. The molecule has 0 aliphatic heterocycles. The van der Waals surface area contributed by atoms with Crippen LogP contribution in [0.25, 0.3) is 0 Å². The topological polar surface area (TPSA) is 0 Å². The van der Waals surface area contributed by atoms with Crippen molar-refractivity contribution >= 4 is 4.21 Å². The van der Waals surface area contributed by atoms with Crippen LogP contribution in [-0.4, -0.2) is 4.21 Å². The Bertz CT molecular complexity index is 403. The van der Waals surface area contributed by atoms with Crippen LogP contribution in [0.15, 0.2) is 42.0 Å². The molecule has 0 amide bonds. The van der Waals surface area contributed by atoms with Gasteiger partial charge in [-0.1, -0.05) is 0 Å². The molecule has 0 aromatic heterocycles. The predicted octanol–water partition coefficient (Wildman–Crippen LogP) is 3.50. The summed E-state index contributed by atoms with van der Waals surface area (Å²) in [6.07, 6.45) is 11.5. The third-order valence-corrected chi connectivity index (χ3v) is 8.93. The molecule has 0 atom stereocenters. The fourth-order valence-corrected chi connectivity index (χ4v) is 7.27. The molecule has 2 rings (SSSR count). The minimum atomic E-state index is -1.62. The van der Waals surface area contributed by atoms with E-state index in [4.69, 9.17) is 0 Å². The minimum absolute atomic E-state index is 1.17. The van der Waals surface area contributed by atoms with Crippen LogP contribution >= 0.6 is 0 Å². The quantitative estimate of drug-likeness (QED) is 0.715. The monoisotopic (exact) mass is 262 g/mol. The first kappa shape index (κ1) is 10.2. The molecule has 0 saturated carbocycles. The average Bonchev–Trinajstić information content (AvgIpc) is 2.73. The Balaban J connectivity index is 2.19. The molecule has 0 bridgehead atoms. The summed E-state index contributed by atoms with van der Waals surface area (Å²) in [5, 5.41) is 0. The molecule has 2 aliphatic carbocycles. The molecule has 72 valence electrons. The van der Waals surface area contributed by atoms with Gasteiger partial charge in [0.25, 0.3) is 0 Å². The first-order valence-electron chi connectivity index (χ1n) is 5.11. The number of hydrogen-bond donors (Lipinski definition) is 0. The van der Waals surface area contributed by atoms with Crippen molar-refractivity contribution in [3.05, 3.63) is 42.0 Å². The molecule has 1 heteroatoms. The van der Waals surface area contributed by atoms with Crippen LogP contribution < -0.4 is 0 Å². The van der Waals surface area contributed by atoms with Crippen LogP contribution in [0.2, 0.25) is 0 Å². The summed E-state index contributed by atoms with van der Waals surface area (Å²) in [5.41, 5.74) is 3.03. The van der Waals surface area contributed by atoms with Crippen molar-refractivity contribution in [1.29, 1.82) is 0 Å². The van der Waals surface area contributed by atoms with Crippen LogP contribution in [0.3, 0.4) is 0 Å². The SMILES string of the molecule is [CH2]=[Zr]([C]1=CC=CC1)[C]1=C(C)C=C(C)C1. The summed E-state index contributed by atoms with van der Waals surface area (Å²) < 4.78 is 7.85. The van der Waals surface area contributed by atoms with Crippen molar-refractivity contribution in [3.63, 3.8) is 0 Å². The second-order valence-electron chi connectivity index (χ2n) is 4.13. The van der Waals surface area contributed by atoms with Crippen molar-refractivity contribution in [2.75, 3.05) is 0 Å². The Morgan fingerprint density at radius 1 is 1.36 bits per heavy atom. The van der Waals surface area contributed by atoms with Gasteiger partial charge in [-0.2, -0.15) is 0 Å². The first-order valence-corrected chi connectivity index (χ1v) is 9.30. The Morgan fingerprint density at radius 2 is 2.14 bits per heavy atom. The predicted molar refractivity (Wildman–Crippen MR) is 60.0 cm³/mol. The van der Waals surface area contributed by atoms with E-state index in [0.717, 1.165) is 0 Å². The van der Waals surface area contributed by atoms with Gasteiger partial charge >= 0.3 is 94.2 Å². The molecule has 0 spiro atoms. The van der Waals surface area contributed by atoms with E-state index < -0.39 is 21.3 Å². The fraction of sp³-hybridized carbons (Fsp3) is 0.308. The van der Waals surface area contributed by atoms with Crippen LogP contribution in [0.5, 0.6) is 0 Å². The molecule has 0 unspecified atom stereocenters. The van der Waals surface area contributed by atoms with Gasteiger partial charge in [0, 0.05) is 0 Å². The van der Waals surface area contributed by atoms with Crippen LogP contribution in [0, 0.1) is 0 Å². The molecule has 0 heterocycles. The number of allylic oxidation sites excluding steroid dienone is 8. The first-order chi connectivity index (χ1) is 6.68. The van der Waals surface area contributed by atoms with Crippen molar-refractivity contribution in [1.82, 2.24) is 0 Å². The van der Waals surface area contributed by atoms with Gasteiger partial charge in [0.1, 0.15) is 0 Å². The average molecular weight is 263 g/mol. The zero-order chi connectivity index (χ0) is 10.1. The fourth-order valence-electron chi connectivity index (χ4n) is 2.14. The Hall–Kier alpha value is -0.287. The molecule has 0 N–H and O–H groups in total. The molecule has 14 heavy (non-hydrogen) atoms. The molecular formula is C13H16Zr. The standard InChI is InChI=1S/C7H9.C5H5.CH2.Zr/c1-6-3-4-7(2)5-6;1-2-4-5-3-1;;/h5H,3H2,1-2H3;1-3H,4H2;1H2;. The van der Waals surface area contributed by atoms with Gasteiger partial charge in [-0.05, 0) is 0 Å². The summed E-state index contributed by atoms with van der Waals surface area (Å²) >= 11 is -1.62. The van der Waals surface area contributed by atoms with E-state index in [0.29, 0.717) is 0 Å². The van der Waals surface area contributed by atoms with Crippen molar-refractivity contribution < 1.29 is 21.3 Å². The number of hydrogen-bond acceptors (Lipinski definition) is 0. The molecule has 0 nitrogen and oxygen atoms in total. The van der Waals surface area contributed by atoms with Crippen molar-refractivity contribution in [3.8, 4) is 0 Å². The van der Waals surface area contributed by atoms with E-state index in [2.05, 4.69) is 42.4 Å². The second kappa shape index (κ2) is 4.07. The van der Waals surface area contributed by atoms with Gasteiger partial charge in [0.05, 0.1) is 0 Å². The summed E-state index contributed by atoms with van der Waals surface area (Å²) in [6, 6.07) is 0. The van der Waals surface area contributed by atoms with Gasteiger partial charge in [-0.3, -0.25) is 0 Å². The van der Waals surface area contributed by atoms with Crippen LogP contribution in [-0.2, 0) is 21.3 Å². The van der Waals surface area contributed by atoms with Crippen molar-refractivity contribution in [2.24, 2.45) is 0 Å². The Kier molecular flexibility index (Phi) is 2.97. The molecule has 0 aromatic rings. The van der Waals surface area contributed by atoms with Crippen molar-refractivity contribution in [2.45, 2.75) is 26.7 Å². The van der Waals surface area contributed by atoms with Crippen LogP contribution in [0.1, 0.15) is 26.7 Å². The molecule has 0 radical (unpaired) electrons. The van der Waals surface area contributed by atoms with E-state index in [1.807, 2.05) is 0 Å². The maximum absolute atomic E-state index is 4.48. The molecular weight excluding hydrogens is 247 g/mol. The maximum atomic E-state index is 4.48. The molecule has 0 aromatic carbocycles. The molecule has 0 saturated heterocycles. The van der Waals surface area contributed by atoms with Gasteiger partial charge in [-0.25, -0.2) is 0 Å². The van der Waals surface area contributed by atoms with E-state index in [9.17, 15) is 0 Å². The normalized spacial score (nSPS) is 20.1. The van der Waals surface area contributed by atoms with Gasteiger partial charge in [0.15, 0.2) is 0 Å². The van der Waals surface area contributed by atoms with E-state index in [-0.39, 0.29) is 0 Å². The van der Waals surface area contributed by atoms with Gasteiger partial charge in [-0.15, -0.1) is 0 Å².